The van der Waals surface area contributed by atoms with Gasteiger partial charge in [0.1, 0.15) is 0 Å². The molecule has 2 rings (SSSR count). The Labute approximate surface area is 100 Å². The SMILES string of the molecule is CC(N)C(=O)N1CCc2ccc(Cl)cc2C1. The molecule has 1 heterocycles. The van der Waals surface area contributed by atoms with Crippen molar-refractivity contribution in [3.63, 3.8) is 0 Å². The number of nitrogens with two attached hydrogens (primary N) is 1. The third-order valence-corrected chi connectivity index (χ3v) is 3.12. The summed E-state index contributed by atoms with van der Waals surface area (Å²) in [6.45, 7) is 3.08. The molecule has 86 valence electrons. The highest BCUT2D eigenvalue weighted by molar-refractivity contribution is 6.30. The van der Waals surface area contributed by atoms with Crippen molar-refractivity contribution in [2.75, 3.05) is 6.54 Å². The third kappa shape index (κ3) is 2.20. The summed E-state index contributed by atoms with van der Waals surface area (Å²) in [5.41, 5.74) is 8.01. The van der Waals surface area contributed by atoms with Crippen LogP contribution in [-0.2, 0) is 17.8 Å². The highest BCUT2D eigenvalue weighted by atomic mass is 35.5. The van der Waals surface area contributed by atoms with Gasteiger partial charge in [-0.05, 0) is 36.6 Å². The van der Waals surface area contributed by atoms with Crippen LogP contribution in [0.2, 0.25) is 5.02 Å². The number of hydrogen-bond acceptors (Lipinski definition) is 2. The summed E-state index contributed by atoms with van der Waals surface area (Å²) >= 11 is 5.94. The molecule has 1 unspecified atom stereocenters. The van der Waals surface area contributed by atoms with E-state index in [2.05, 4.69) is 0 Å². The lowest BCUT2D eigenvalue weighted by atomic mass is 9.99. The van der Waals surface area contributed by atoms with Crippen LogP contribution in [0.4, 0.5) is 0 Å². The standard InChI is InChI=1S/C12H15ClN2O/c1-8(14)12(16)15-5-4-9-2-3-11(13)6-10(9)7-15/h2-3,6,8H,4-5,7,14H2,1H3. The molecular weight excluding hydrogens is 224 g/mol. The molecule has 2 N–H and O–H groups in total. The summed E-state index contributed by atoms with van der Waals surface area (Å²) in [5, 5.41) is 0.717. The zero-order valence-electron chi connectivity index (χ0n) is 9.24. The van der Waals surface area contributed by atoms with E-state index in [0.29, 0.717) is 11.6 Å². The van der Waals surface area contributed by atoms with Gasteiger partial charge in [0.2, 0.25) is 5.91 Å². The van der Waals surface area contributed by atoms with E-state index >= 15 is 0 Å². The van der Waals surface area contributed by atoms with Gasteiger partial charge in [0, 0.05) is 18.1 Å². The Bertz CT molecular complexity index is 417. The number of hydrogen-bond donors (Lipinski definition) is 1. The Morgan fingerprint density at radius 2 is 2.25 bits per heavy atom. The summed E-state index contributed by atoms with van der Waals surface area (Å²) in [4.78, 5) is 13.6. The molecule has 0 saturated heterocycles. The van der Waals surface area contributed by atoms with Crippen LogP contribution in [0.25, 0.3) is 0 Å². The van der Waals surface area contributed by atoms with E-state index in [9.17, 15) is 4.79 Å². The van der Waals surface area contributed by atoms with E-state index in [1.807, 2.05) is 18.2 Å². The Kier molecular flexibility index (Phi) is 3.17. The molecule has 0 bridgehead atoms. The number of fused-ring (bicyclic) bond motifs is 1. The second-order valence-corrected chi connectivity index (χ2v) is 4.65. The van der Waals surface area contributed by atoms with Gasteiger partial charge < -0.3 is 10.6 Å². The maximum atomic E-state index is 11.8. The average molecular weight is 239 g/mol. The Morgan fingerprint density at radius 1 is 1.50 bits per heavy atom. The minimum Gasteiger partial charge on any atom is -0.337 e. The molecule has 0 spiro atoms. The van der Waals surface area contributed by atoms with Crippen molar-refractivity contribution < 1.29 is 4.79 Å². The molecule has 0 aliphatic carbocycles. The summed E-state index contributed by atoms with van der Waals surface area (Å²) in [6, 6.07) is 5.42. The molecule has 1 aromatic carbocycles. The fourth-order valence-electron chi connectivity index (χ4n) is 2.00. The van der Waals surface area contributed by atoms with Crippen LogP contribution in [0.1, 0.15) is 18.1 Å². The fourth-order valence-corrected chi connectivity index (χ4v) is 2.20. The molecule has 0 aromatic heterocycles. The molecule has 3 nitrogen and oxygen atoms in total. The molecule has 4 heteroatoms. The van der Waals surface area contributed by atoms with Gasteiger partial charge in [-0.2, -0.15) is 0 Å². The van der Waals surface area contributed by atoms with Gasteiger partial charge in [-0.3, -0.25) is 4.79 Å². The van der Waals surface area contributed by atoms with Gasteiger partial charge in [0.15, 0.2) is 0 Å². The lowest BCUT2D eigenvalue weighted by Gasteiger charge is -2.30. The van der Waals surface area contributed by atoms with Crippen LogP contribution in [0, 0.1) is 0 Å². The quantitative estimate of drug-likeness (QED) is 0.808. The van der Waals surface area contributed by atoms with E-state index < -0.39 is 6.04 Å². The Morgan fingerprint density at radius 3 is 2.94 bits per heavy atom. The molecule has 1 amide bonds. The highest BCUT2D eigenvalue weighted by Gasteiger charge is 2.22. The highest BCUT2D eigenvalue weighted by Crippen LogP contribution is 2.22. The Balaban J connectivity index is 2.20. The smallest absolute Gasteiger partial charge is 0.239 e. The largest absolute Gasteiger partial charge is 0.337 e. The first-order valence-corrected chi connectivity index (χ1v) is 5.77. The topological polar surface area (TPSA) is 46.3 Å². The van der Waals surface area contributed by atoms with Crippen molar-refractivity contribution >= 4 is 17.5 Å². The van der Waals surface area contributed by atoms with Gasteiger partial charge in [0.25, 0.3) is 0 Å². The van der Waals surface area contributed by atoms with Crippen molar-refractivity contribution in [3.8, 4) is 0 Å². The van der Waals surface area contributed by atoms with Crippen molar-refractivity contribution in [2.45, 2.75) is 25.9 Å². The predicted octanol–water partition coefficient (Wildman–Crippen LogP) is 1.57. The summed E-state index contributed by atoms with van der Waals surface area (Å²) in [5.74, 6) is 0.00521. The monoisotopic (exact) mass is 238 g/mol. The summed E-state index contributed by atoms with van der Waals surface area (Å²) in [7, 11) is 0. The molecule has 16 heavy (non-hydrogen) atoms. The minimum absolute atomic E-state index is 0.00521. The minimum atomic E-state index is -0.430. The van der Waals surface area contributed by atoms with Gasteiger partial charge in [-0.1, -0.05) is 17.7 Å². The molecule has 0 radical (unpaired) electrons. The molecule has 1 aliphatic rings. The van der Waals surface area contributed by atoms with E-state index in [0.717, 1.165) is 18.5 Å². The van der Waals surface area contributed by atoms with Crippen LogP contribution < -0.4 is 5.73 Å². The van der Waals surface area contributed by atoms with Crippen LogP contribution in [0.3, 0.4) is 0 Å². The number of carbonyl (C=O) groups excluding carboxylic acids is 1. The second kappa shape index (κ2) is 4.44. The lowest BCUT2D eigenvalue weighted by molar-refractivity contribution is -0.133. The van der Waals surface area contributed by atoms with Gasteiger partial charge >= 0.3 is 0 Å². The average Bonchev–Trinajstić information content (AvgIpc) is 2.26. The predicted molar refractivity (Wildman–Crippen MR) is 64.2 cm³/mol. The van der Waals surface area contributed by atoms with Gasteiger partial charge in [0.05, 0.1) is 6.04 Å². The second-order valence-electron chi connectivity index (χ2n) is 4.21. The zero-order valence-corrected chi connectivity index (χ0v) is 10.00. The lowest BCUT2D eigenvalue weighted by Crippen LogP contribution is -2.44. The molecule has 0 saturated carbocycles. The maximum Gasteiger partial charge on any atom is 0.239 e. The summed E-state index contributed by atoms with van der Waals surface area (Å²) < 4.78 is 0. The van der Waals surface area contributed by atoms with Crippen molar-refractivity contribution in [2.24, 2.45) is 5.73 Å². The fraction of sp³-hybridized carbons (Fsp3) is 0.417. The number of carbonyl (C=O) groups is 1. The number of benzene rings is 1. The summed E-state index contributed by atoms with van der Waals surface area (Å²) in [6.07, 6.45) is 0.880. The van der Waals surface area contributed by atoms with Gasteiger partial charge in [-0.25, -0.2) is 0 Å². The van der Waals surface area contributed by atoms with E-state index in [4.69, 9.17) is 17.3 Å². The third-order valence-electron chi connectivity index (χ3n) is 2.88. The van der Waals surface area contributed by atoms with E-state index in [1.54, 1.807) is 11.8 Å². The van der Waals surface area contributed by atoms with Crippen molar-refractivity contribution in [1.82, 2.24) is 4.90 Å². The van der Waals surface area contributed by atoms with Crippen LogP contribution in [0.15, 0.2) is 18.2 Å². The Hall–Kier alpha value is -1.06. The first kappa shape index (κ1) is 11.4. The molecule has 1 atom stereocenters. The zero-order chi connectivity index (χ0) is 11.7. The number of nitrogens with zero attached hydrogens (tertiary/aromatic N) is 1. The van der Waals surface area contributed by atoms with E-state index in [1.165, 1.54) is 5.56 Å². The normalized spacial score (nSPS) is 16.8. The number of rotatable bonds is 1. The molecule has 0 fully saturated rings. The molecular formula is C12H15ClN2O. The van der Waals surface area contributed by atoms with Gasteiger partial charge in [-0.15, -0.1) is 0 Å². The maximum absolute atomic E-state index is 11.8. The van der Waals surface area contributed by atoms with Crippen molar-refractivity contribution in [3.05, 3.63) is 34.3 Å². The number of amides is 1. The van der Waals surface area contributed by atoms with Crippen molar-refractivity contribution in [1.29, 1.82) is 0 Å². The first-order valence-electron chi connectivity index (χ1n) is 5.39. The number of halogens is 1. The molecule has 1 aliphatic heterocycles. The van der Waals surface area contributed by atoms with Crippen LogP contribution in [0.5, 0.6) is 0 Å². The van der Waals surface area contributed by atoms with Crippen LogP contribution in [-0.4, -0.2) is 23.4 Å². The van der Waals surface area contributed by atoms with E-state index in [-0.39, 0.29) is 5.91 Å². The first-order chi connectivity index (χ1) is 7.58. The molecule has 1 aromatic rings. The van der Waals surface area contributed by atoms with Crippen LogP contribution >= 0.6 is 11.6 Å².